The largest absolute Gasteiger partial charge is 0.351 e. The van der Waals surface area contributed by atoms with Crippen LogP contribution in [0.1, 0.15) is 16.8 Å². The molecule has 78 valence electrons. The number of halogens is 2. The van der Waals surface area contributed by atoms with E-state index in [1.54, 1.807) is 0 Å². The maximum Gasteiger partial charge on any atom is 0.252 e. The van der Waals surface area contributed by atoms with Crippen molar-refractivity contribution in [2.45, 2.75) is 6.42 Å². The Balaban J connectivity index is 2.73. The van der Waals surface area contributed by atoms with E-state index in [2.05, 4.69) is 49.8 Å². The van der Waals surface area contributed by atoms with Gasteiger partial charge in [0.2, 0.25) is 0 Å². The zero-order valence-corrected chi connectivity index (χ0v) is 11.6. The molecule has 0 saturated carbocycles. The standard InChI is InChI=1S/C11H9BrINO/c1-2-3-6-14-11(15)9-7-8(13)4-5-10(9)12/h1,4-5,7H,3,6H2,(H,14,15). The number of carbonyl (C=O) groups excluding carboxylic acids is 1. The summed E-state index contributed by atoms with van der Waals surface area (Å²) in [5, 5.41) is 2.75. The molecule has 0 heterocycles. The third-order valence-electron chi connectivity index (χ3n) is 1.73. The van der Waals surface area contributed by atoms with Crippen molar-refractivity contribution in [2.24, 2.45) is 0 Å². The van der Waals surface area contributed by atoms with E-state index in [1.165, 1.54) is 0 Å². The lowest BCUT2D eigenvalue weighted by Gasteiger charge is -2.05. The Morgan fingerprint density at radius 1 is 1.60 bits per heavy atom. The Hall–Kier alpha value is -0.540. The molecule has 1 amide bonds. The van der Waals surface area contributed by atoms with Crippen molar-refractivity contribution in [3.63, 3.8) is 0 Å². The number of carbonyl (C=O) groups is 1. The van der Waals surface area contributed by atoms with E-state index in [4.69, 9.17) is 6.42 Å². The van der Waals surface area contributed by atoms with Crippen LogP contribution in [0.5, 0.6) is 0 Å². The SMILES string of the molecule is C#CCCNC(=O)c1cc(I)ccc1Br. The highest BCUT2D eigenvalue weighted by molar-refractivity contribution is 14.1. The maximum atomic E-state index is 11.7. The molecule has 0 spiro atoms. The maximum absolute atomic E-state index is 11.7. The van der Waals surface area contributed by atoms with Gasteiger partial charge in [-0.15, -0.1) is 12.3 Å². The summed E-state index contributed by atoms with van der Waals surface area (Å²) in [5.74, 6) is 2.37. The van der Waals surface area contributed by atoms with Crippen molar-refractivity contribution < 1.29 is 4.79 Å². The van der Waals surface area contributed by atoms with Gasteiger partial charge in [-0.2, -0.15) is 0 Å². The minimum atomic E-state index is -0.101. The summed E-state index contributed by atoms with van der Waals surface area (Å²) in [6, 6.07) is 5.62. The number of rotatable bonds is 3. The van der Waals surface area contributed by atoms with Gasteiger partial charge in [0.25, 0.3) is 5.91 Å². The second-order valence-corrected chi connectivity index (χ2v) is 4.93. The molecule has 1 aromatic carbocycles. The van der Waals surface area contributed by atoms with Gasteiger partial charge in [0.15, 0.2) is 0 Å². The normalized spacial score (nSPS) is 9.40. The van der Waals surface area contributed by atoms with Crippen LogP contribution < -0.4 is 5.32 Å². The van der Waals surface area contributed by atoms with E-state index in [0.717, 1.165) is 8.04 Å². The Kier molecular flexibility index (Phi) is 5.12. The third-order valence-corrected chi connectivity index (χ3v) is 3.09. The predicted molar refractivity (Wildman–Crippen MR) is 72.6 cm³/mol. The fourth-order valence-corrected chi connectivity index (χ4v) is 1.93. The van der Waals surface area contributed by atoms with Crippen molar-refractivity contribution in [2.75, 3.05) is 6.54 Å². The molecular weight excluding hydrogens is 369 g/mol. The zero-order valence-electron chi connectivity index (χ0n) is 7.89. The summed E-state index contributed by atoms with van der Waals surface area (Å²) >= 11 is 5.50. The molecule has 0 aromatic heterocycles. The average Bonchev–Trinajstić information content (AvgIpc) is 2.22. The summed E-state index contributed by atoms with van der Waals surface area (Å²) in [6.07, 6.45) is 5.64. The number of nitrogens with one attached hydrogen (secondary N) is 1. The summed E-state index contributed by atoms with van der Waals surface area (Å²) in [7, 11) is 0. The average molecular weight is 378 g/mol. The summed E-state index contributed by atoms with van der Waals surface area (Å²) in [6.45, 7) is 0.507. The summed E-state index contributed by atoms with van der Waals surface area (Å²) < 4.78 is 1.82. The van der Waals surface area contributed by atoms with Crippen LogP contribution in [0.15, 0.2) is 22.7 Å². The number of terminal acetylenes is 1. The highest BCUT2D eigenvalue weighted by Crippen LogP contribution is 2.19. The Labute approximate surface area is 111 Å². The predicted octanol–water partition coefficient (Wildman–Crippen LogP) is 2.81. The van der Waals surface area contributed by atoms with Gasteiger partial charge in [-0.3, -0.25) is 4.79 Å². The third kappa shape index (κ3) is 3.84. The lowest BCUT2D eigenvalue weighted by molar-refractivity contribution is 0.0953. The van der Waals surface area contributed by atoms with Crippen LogP contribution in [0.2, 0.25) is 0 Å². The molecule has 0 fully saturated rings. The van der Waals surface area contributed by atoms with Crippen LogP contribution in [-0.4, -0.2) is 12.5 Å². The minimum absolute atomic E-state index is 0.101. The van der Waals surface area contributed by atoms with E-state index in [0.29, 0.717) is 18.5 Å². The van der Waals surface area contributed by atoms with Crippen molar-refractivity contribution >= 4 is 44.4 Å². The van der Waals surface area contributed by atoms with Crippen LogP contribution in [0, 0.1) is 15.9 Å². The first kappa shape index (κ1) is 12.5. The van der Waals surface area contributed by atoms with Gasteiger partial charge in [0.05, 0.1) is 5.56 Å². The first-order valence-corrected chi connectivity index (χ1v) is 6.19. The van der Waals surface area contributed by atoms with Crippen molar-refractivity contribution in [3.8, 4) is 12.3 Å². The summed E-state index contributed by atoms with van der Waals surface area (Å²) in [4.78, 5) is 11.7. The lowest BCUT2D eigenvalue weighted by atomic mass is 10.2. The van der Waals surface area contributed by atoms with E-state index in [1.807, 2.05) is 18.2 Å². The molecule has 1 rings (SSSR count). The lowest BCUT2D eigenvalue weighted by Crippen LogP contribution is -2.24. The van der Waals surface area contributed by atoms with Crippen LogP contribution >= 0.6 is 38.5 Å². The van der Waals surface area contributed by atoms with Gasteiger partial charge in [-0.1, -0.05) is 0 Å². The fourth-order valence-electron chi connectivity index (χ4n) is 1.01. The molecular formula is C11H9BrINO. The first-order chi connectivity index (χ1) is 7.15. The van der Waals surface area contributed by atoms with Gasteiger partial charge in [-0.05, 0) is 56.7 Å². The molecule has 1 aromatic rings. The van der Waals surface area contributed by atoms with Crippen LogP contribution in [0.4, 0.5) is 0 Å². The smallest absolute Gasteiger partial charge is 0.252 e. The van der Waals surface area contributed by atoms with Crippen molar-refractivity contribution in [3.05, 3.63) is 31.8 Å². The Morgan fingerprint density at radius 3 is 3.00 bits per heavy atom. The van der Waals surface area contributed by atoms with Gasteiger partial charge < -0.3 is 5.32 Å². The highest BCUT2D eigenvalue weighted by atomic mass is 127. The molecule has 0 unspecified atom stereocenters. The molecule has 1 N–H and O–H groups in total. The number of benzene rings is 1. The van der Waals surface area contributed by atoms with Crippen molar-refractivity contribution in [1.82, 2.24) is 5.32 Å². The second-order valence-electron chi connectivity index (χ2n) is 2.83. The van der Waals surface area contributed by atoms with Crippen LogP contribution in [-0.2, 0) is 0 Å². The monoisotopic (exact) mass is 377 g/mol. The molecule has 0 radical (unpaired) electrons. The molecule has 4 heteroatoms. The summed E-state index contributed by atoms with van der Waals surface area (Å²) in [5.41, 5.74) is 0.638. The number of hydrogen-bond donors (Lipinski definition) is 1. The molecule has 0 atom stereocenters. The van der Waals surface area contributed by atoms with Gasteiger partial charge in [0.1, 0.15) is 0 Å². The molecule has 0 saturated heterocycles. The van der Waals surface area contributed by atoms with E-state index >= 15 is 0 Å². The van der Waals surface area contributed by atoms with Crippen molar-refractivity contribution in [1.29, 1.82) is 0 Å². The minimum Gasteiger partial charge on any atom is -0.351 e. The molecule has 0 aliphatic heterocycles. The molecule has 0 aliphatic carbocycles. The van der Waals surface area contributed by atoms with Crippen LogP contribution in [0.25, 0.3) is 0 Å². The Morgan fingerprint density at radius 2 is 2.33 bits per heavy atom. The zero-order chi connectivity index (χ0) is 11.3. The second kappa shape index (κ2) is 6.13. The van der Waals surface area contributed by atoms with E-state index in [9.17, 15) is 4.79 Å². The fraction of sp³-hybridized carbons (Fsp3) is 0.182. The number of hydrogen-bond acceptors (Lipinski definition) is 1. The Bertz CT molecular complexity index is 412. The van der Waals surface area contributed by atoms with Gasteiger partial charge in [0, 0.05) is 21.0 Å². The molecule has 15 heavy (non-hydrogen) atoms. The topological polar surface area (TPSA) is 29.1 Å². The first-order valence-electron chi connectivity index (χ1n) is 4.32. The molecule has 0 aliphatic rings. The number of amides is 1. The van der Waals surface area contributed by atoms with E-state index < -0.39 is 0 Å². The van der Waals surface area contributed by atoms with E-state index in [-0.39, 0.29) is 5.91 Å². The molecule has 2 nitrogen and oxygen atoms in total. The van der Waals surface area contributed by atoms with Gasteiger partial charge in [-0.25, -0.2) is 0 Å². The highest BCUT2D eigenvalue weighted by Gasteiger charge is 2.09. The van der Waals surface area contributed by atoms with Crippen LogP contribution in [0.3, 0.4) is 0 Å². The van der Waals surface area contributed by atoms with Gasteiger partial charge >= 0.3 is 0 Å². The quantitative estimate of drug-likeness (QED) is 0.490. The molecule has 0 bridgehead atoms.